The molecule has 1 saturated heterocycles. The van der Waals surface area contributed by atoms with Gasteiger partial charge in [0.05, 0.1) is 0 Å². The van der Waals surface area contributed by atoms with E-state index in [2.05, 4.69) is 21.3 Å². The summed E-state index contributed by atoms with van der Waals surface area (Å²) in [6.07, 6.45) is 0.0534. The van der Waals surface area contributed by atoms with Crippen LogP contribution in [0.2, 0.25) is 0 Å². The summed E-state index contributed by atoms with van der Waals surface area (Å²) < 4.78 is 0. The van der Waals surface area contributed by atoms with E-state index in [1.54, 1.807) is 39.8 Å². The van der Waals surface area contributed by atoms with Crippen LogP contribution in [0.5, 0.6) is 0 Å². The van der Waals surface area contributed by atoms with Crippen LogP contribution in [0.1, 0.15) is 46.1 Å². The van der Waals surface area contributed by atoms with Crippen molar-refractivity contribution in [3.05, 3.63) is 29.8 Å². The summed E-state index contributed by atoms with van der Waals surface area (Å²) >= 11 is 0. The molecule has 0 bridgehead atoms. The van der Waals surface area contributed by atoms with Gasteiger partial charge in [-0.2, -0.15) is 0 Å². The number of benzene rings is 1. The number of nitrogens with one attached hydrogen (secondary N) is 4. The van der Waals surface area contributed by atoms with Gasteiger partial charge >= 0.3 is 0 Å². The summed E-state index contributed by atoms with van der Waals surface area (Å²) in [6.45, 7) is 7.48. The highest BCUT2D eigenvalue weighted by Crippen LogP contribution is 2.18. The minimum atomic E-state index is -0.868. The summed E-state index contributed by atoms with van der Waals surface area (Å²) in [7, 11) is 1.85. The third kappa shape index (κ3) is 7.38. The maximum atomic E-state index is 12.8. The van der Waals surface area contributed by atoms with Crippen molar-refractivity contribution in [1.29, 1.82) is 0 Å². The van der Waals surface area contributed by atoms with Gasteiger partial charge in [0, 0.05) is 37.5 Å². The number of likely N-dealkylation sites (tertiary alicyclic amines) is 1. The van der Waals surface area contributed by atoms with Crippen molar-refractivity contribution in [3.63, 3.8) is 0 Å². The van der Waals surface area contributed by atoms with Gasteiger partial charge in [-0.15, -0.1) is 0 Å². The molecule has 1 aromatic carbocycles. The summed E-state index contributed by atoms with van der Waals surface area (Å²) in [5, 5.41) is 11.1. The number of amides is 5. The molecule has 3 atom stereocenters. The molecule has 4 N–H and O–H groups in total. The molecule has 0 saturated carbocycles. The van der Waals surface area contributed by atoms with Crippen molar-refractivity contribution < 1.29 is 24.0 Å². The lowest BCUT2D eigenvalue weighted by Gasteiger charge is -2.24. The standard InChI is InChI=1S/C24H35N5O5/c1-14(2)21(28-19(30)10-11-29-20(31)12-15(3)24(29)34)23(33)26-16(4)22(32)27-18-8-6-17(7-9-18)13-25-5/h6-9,14-16,21,25H,10-13H2,1-5H3,(H,26,33)(H,27,32)(H,28,30)/t15?,16-,21?/m0/s1. The second kappa shape index (κ2) is 12.3. The molecule has 5 amide bonds. The molecule has 2 unspecified atom stereocenters. The quantitative estimate of drug-likeness (QED) is 0.351. The Kier molecular flexibility index (Phi) is 9.73. The Balaban J connectivity index is 1.87. The van der Waals surface area contributed by atoms with E-state index in [0.717, 1.165) is 10.5 Å². The molecule has 1 aliphatic rings. The van der Waals surface area contributed by atoms with Crippen molar-refractivity contribution in [2.45, 2.75) is 59.2 Å². The van der Waals surface area contributed by atoms with Crippen LogP contribution < -0.4 is 21.3 Å². The first kappa shape index (κ1) is 27.0. The van der Waals surface area contributed by atoms with E-state index >= 15 is 0 Å². The fourth-order valence-corrected chi connectivity index (χ4v) is 3.61. The largest absolute Gasteiger partial charge is 0.344 e. The van der Waals surface area contributed by atoms with E-state index in [1.807, 2.05) is 19.2 Å². The Morgan fingerprint density at radius 1 is 1.03 bits per heavy atom. The van der Waals surface area contributed by atoms with Gasteiger partial charge in [-0.05, 0) is 37.6 Å². The normalized spacial score (nSPS) is 17.5. The Labute approximate surface area is 200 Å². The van der Waals surface area contributed by atoms with Crippen molar-refractivity contribution >= 4 is 35.2 Å². The molecule has 186 valence electrons. The monoisotopic (exact) mass is 473 g/mol. The number of imide groups is 1. The molecule has 10 nitrogen and oxygen atoms in total. The smallest absolute Gasteiger partial charge is 0.246 e. The van der Waals surface area contributed by atoms with E-state index in [1.165, 1.54) is 0 Å². The van der Waals surface area contributed by atoms with Gasteiger partial charge in [0.2, 0.25) is 29.5 Å². The molecular weight excluding hydrogens is 438 g/mol. The molecule has 2 rings (SSSR count). The zero-order chi connectivity index (χ0) is 25.4. The van der Waals surface area contributed by atoms with Crippen LogP contribution in [0.15, 0.2) is 24.3 Å². The molecule has 0 spiro atoms. The SMILES string of the molecule is CNCc1ccc(NC(=O)[C@H](C)NC(=O)C(NC(=O)CCN2C(=O)CC(C)C2=O)C(C)C)cc1. The molecule has 0 aromatic heterocycles. The van der Waals surface area contributed by atoms with Crippen LogP contribution in [0, 0.1) is 11.8 Å². The molecule has 10 heteroatoms. The number of hydrogen-bond acceptors (Lipinski definition) is 6. The highest BCUT2D eigenvalue weighted by Gasteiger charge is 2.35. The molecule has 1 aliphatic heterocycles. The number of rotatable bonds is 11. The Morgan fingerprint density at radius 2 is 1.68 bits per heavy atom. The predicted octanol–water partition coefficient (Wildman–Crippen LogP) is 0.775. The third-order valence-electron chi connectivity index (χ3n) is 5.65. The highest BCUT2D eigenvalue weighted by atomic mass is 16.2. The maximum Gasteiger partial charge on any atom is 0.246 e. The van der Waals surface area contributed by atoms with Crippen LogP contribution in [0.4, 0.5) is 5.69 Å². The van der Waals surface area contributed by atoms with Gasteiger partial charge in [0.15, 0.2) is 0 Å². The van der Waals surface area contributed by atoms with Gasteiger partial charge in [-0.3, -0.25) is 28.9 Å². The summed E-state index contributed by atoms with van der Waals surface area (Å²) in [6, 6.07) is 5.66. The number of nitrogens with zero attached hydrogens (tertiary/aromatic N) is 1. The van der Waals surface area contributed by atoms with E-state index in [4.69, 9.17) is 0 Å². The van der Waals surface area contributed by atoms with Crippen molar-refractivity contribution in [2.24, 2.45) is 11.8 Å². The van der Waals surface area contributed by atoms with Crippen molar-refractivity contribution in [1.82, 2.24) is 20.9 Å². The molecule has 1 fully saturated rings. The molecule has 34 heavy (non-hydrogen) atoms. The van der Waals surface area contributed by atoms with E-state index in [0.29, 0.717) is 12.2 Å². The van der Waals surface area contributed by atoms with Gasteiger partial charge in [-0.25, -0.2) is 0 Å². The molecule has 1 aromatic rings. The summed E-state index contributed by atoms with van der Waals surface area (Å²) in [5.74, 6) is -2.51. The fraction of sp³-hybridized carbons (Fsp3) is 0.542. The summed E-state index contributed by atoms with van der Waals surface area (Å²) in [4.78, 5) is 62.7. The molecular formula is C24H35N5O5. The first-order valence-electron chi connectivity index (χ1n) is 11.5. The lowest BCUT2D eigenvalue weighted by Crippen LogP contribution is -2.54. The van der Waals surface area contributed by atoms with Crippen molar-refractivity contribution in [3.8, 4) is 0 Å². The average molecular weight is 474 g/mol. The minimum Gasteiger partial charge on any atom is -0.344 e. The zero-order valence-corrected chi connectivity index (χ0v) is 20.4. The van der Waals surface area contributed by atoms with Gasteiger partial charge < -0.3 is 21.3 Å². The average Bonchev–Trinajstić information content (AvgIpc) is 3.02. The van der Waals surface area contributed by atoms with E-state index in [9.17, 15) is 24.0 Å². The number of hydrogen-bond donors (Lipinski definition) is 4. The minimum absolute atomic E-state index is 0.0216. The second-order valence-electron chi connectivity index (χ2n) is 8.97. The van der Waals surface area contributed by atoms with Gasteiger partial charge in [0.25, 0.3) is 0 Å². The van der Waals surface area contributed by atoms with Crippen LogP contribution in [-0.4, -0.2) is 60.1 Å². The maximum absolute atomic E-state index is 12.8. The Bertz CT molecular complexity index is 915. The second-order valence-corrected chi connectivity index (χ2v) is 8.97. The van der Waals surface area contributed by atoms with Gasteiger partial charge in [0.1, 0.15) is 12.1 Å². The molecule has 0 aliphatic carbocycles. The first-order chi connectivity index (χ1) is 16.0. The predicted molar refractivity (Wildman–Crippen MR) is 127 cm³/mol. The van der Waals surface area contributed by atoms with Crippen LogP contribution in [0.3, 0.4) is 0 Å². The van der Waals surface area contributed by atoms with Crippen molar-refractivity contribution in [2.75, 3.05) is 18.9 Å². The molecule has 1 heterocycles. The van der Waals surface area contributed by atoms with Gasteiger partial charge in [-0.1, -0.05) is 32.9 Å². The summed E-state index contributed by atoms with van der Waals surface area (Å²) in [5.41, 5.74) is 1.69. The molecule has 0 radical (unpaired) electrons. The topological polar surface area (TPSA) is 137 Å². The highest BCUT2D eigenvalue weighted by molar-refractivity contribution is 6.03. The Hall–Kier alpha value is -3.27. The Morgan fingerprint density at radius 3 is 2.21 bits per heavy atom. The van der Waals surface area contributed by atoms with Crippen LogP contribution >= 0.6 is 0 Å². The van der Waals surface area contributed by atoms with Crippen LogP contribution in [0.25, 0.3) is 0 Å². The van der Waals surface area contributed by atoms with E-state index < -0.39 is 23.9 Å². The first-order valence-corrected chi connectivity index (χ1v) is 11.5. The zero-order valence-electron chi connectivity index (χ0n) is 20.4. The number of carbonyl (C=O) groups excluding carboxylic acids is 5. The number of anilines is 1. The fourth-order valence-electron chi connectivity index (χ4n) is 3.61. The number of carbonyl (C=O) groups is 5. The van der Waals surface area contributed by atoms with E-state index in [-0.39, 0.29) is 48.9 Å². The van der Waals surface area contributed by atoms with Crippen LogP contribution in [-0.2, 0) is 30.5 Å². The lowest BCUT2D eigenvalue weighted by atomic mass is 10.0. The lowest BCUT2D eigenvalue weighted by molar-refractivity contribution is -0.140. The third-order valence-corrected chi connectivity index (χ3v) is 5.65.